The molecule has 2 aromatic carbocycles. The molecule has 1 N–H and O–H groups in total. The average molecular weight is 279 g/mol. The van der Waals surface area contributed by atoms with Gasteiger partial charge in [0.15, 0.2) is 0 Å². The molecular formula is C17H14FN3. The molecule has 3 aromatic rings. The Hall–Kier alpha value is -2.75. The number of hydrazone groups is 1. The SMILES string of the molecule is C/C(=N\Nc1ccc2ccccc2n1)c1ccccc1F. The maximum absolute atomic E-state index is 13.6. The van der Waals surface area contributed by atoms with Crippen LogP contribution in [-0.4, -0.2) is 10.7 Å². The van der Waals surface area contributed by atoms with Crippen molar-refractivity contribution in [3.8, 4) is 0 Å². The maximum Gasteiger partial charge on any atom is 0.146 e. The molecule has 0 aliphatic heterocycles. The van der Waals surface area contributed by atoms with E-state index < -0.39 is 0 Å². The quantitative estimate of drug-likeness (QED) is 0.576. The number of pyridine rings is 1. The number of nitrogens with zero attached hydrogens (tertiary/aromatic N) is 2. The van der Waals surface area contributed by atoms with E-state index in [9.17, 15) is 4.39 Å². The highest BCUT2D eigenvalue weighted by atomic mass is 19.1. The molecule has 0 bridgehead atoms. The lowest BCUT2D eigenvalue weighted by molar-refractivity contribution is 0.625. The second kappa shape index (κ2) is 5.71. The van der Waals surface area contributed by atoms with Gasteiger partial charge in [0.2, 0.25) is 0 Å². The average Bonchev–Trinajstić information content (AvgIpc) is 2.53. The Bertz CT molecular complexity index is 812. The lowest BCUT2D eigenvalue weighted by Crippen LogP contribution is -2.03. The zero-order valence-electron chi connectivity index (χ0n) is 11.5. The van der Waals surface area contributed by atoms with Gasteiger partial charge in [0.25, 0.3) is 0 Å². The predicted octanol–water partition coefficient (Wildman–Crippen LogP) is 4.21. The first-order chi connectivity index (χ1) is 10.2. The van der Waals surface area contributed by atoms with Crippen molar-refractivity contribution in [2.45, 2.75) is 6.92 Å². The van der Waals surface area contributed by atoms with Crippen LogP contribution in [0.1, 0.15) is 12.5 Å². The summed E-state index contributed by atoms with van der Waals surface area (Å²) < 4.78 is 13.6. The topological polar surface area (TPSA) is 37.3 Å². The van der Waals surface area contributed by atoms with Gasteiger partial charge in [0.05, 0.1) is 11.2 Å². The van der Waals surface area contributed by atoms with Gasteiger partial charge in [-0.1, -0.05) is 36.4 Å². The van der Waals surface area contributed by atoms with Crippen LogP contribution in [0.25, 0.3) is 10.9 Å². The van der Waals surface area contributed by atoms with E-state index in [4.69, 9.17) is 0 Å². The molecule has 0 aliphatic carbocycles. The van der Waals surface area contributed by atoms with Gasteiger partial charge in [-0.05, 0) is 31.2 Å². The van der Waals surface area contributed by atoms with Crippen molar-refractivity contribution in [3.05, 3.63) is 72.0 Å². The molecule has 0 aliphatic rings. The third-order valence-electron chi connectivity index (χ3n) is 3.20. The van der Waals surface area contributed by atoms with Crippen LogP contribution in [0.15, 0.2) is 65.8 Å². The van der Waals surface area contributed by atoms with E-state index in [2.05, 4.69) is 15.5 Å². The van der Waals surface area contributed by atoms with E-state index in [1.807, 2.05) is 36.4 Å². The number of para-hydroxylation sites is 1. The van der Waals surface area contributed by atoms with Crippen molar-refractivity contribution in [1.82, 2.24) is 4.98 Å². The first-order valence-electron chi connectivity index (χ1n) is 6.65. The van der Waals surface area contributed by atoms with Crippen molar-refractivity contribution in [2.75, 3.05) is 5.43 Å². The Morgan fingerprint density at radius 1 is 1.00 bits per heavy atom. The molecule has 0 saturated heterocycles. The summed E-state index contributed by atoms with van der Waals surface area (Å²) in [5.41, 5.74) is 4.81. The van der Waals surface area contributed by atoms with E-state index in [-0.39, 0.29) is 5.82 Å². The number of hydrogen-bond acceptors (Lipinski definition) is 3. The van der Waals surface area contributed by atoms with Gasteiger partial charge in [0.1, 0.15) is 11.6 Å². The third-order valence-corrected chi connectivity index (χ3v) is 3.20. The molecule has 0 spiro atoms. The summed E-state index contributed by atoms with van der Waals surface area (Å²) in [5.74, 6) is 0.344. The number of fused-ring (bicyclic) bond motifs is 1. The molecule has 4 heteroatoms. The van der Waals surface area contributed by atoms with Gasteiger partial charge in [-0.3, -0.25) is 5.43 Å². The third kappa shape index (κ3) is 2.89. The Kier molecular flexibility index (Phi) is 3.60. The second-order valence-corrected chi connectivity index (χ2v) is 4.68. The Morgan fingerprint density at radius 2 is 1.76 bits per heavy atom. The van der Waals surface area contributed by atoms with E-state index in [1.54, 1.807) is 25.1 Å². The van der Waals surface area contributed by atoms with E-state index in [0.717, 1.165) is 10.9 Å². The van der Waals surface area contributed by atoms with Gasteiger partial charge in [-0.2, -0.15) is 5.10 Å². The van der Waals surface area contributed by atoms with Crippen LogP contribution in [0.5, 0.6) is 0 Å². The minimum absolute atomic E-state index is 0.285. The maximum atomic E-state index is 13.6. The molecule has 3 nitrogen and oxygen atoms in total. The molecule has 0 fully saturated rings. The van der Waals surface area contributed by atoms with Crippen LogP contribution < -0.4 is 5.43 Å². The first kappa shape index (κ1) is 13.2. The van der Waals surface area contributed by atoms with Gasteiger partial charge in [-0.15, -0.1) is 0 Å². The minimum atomic E-state index is -0.285. The smallest absolute Gasteiger partial charge is 0.146 e. The molecule has 21 heavy (non-hydrogen) atoms. The molecule has 1 aromatic heterocycles. The van der Waals surface area contributed by atoms with Crippen LogP contribution in [-0.2, 0) is 0 Å². The van der Waals surface area contributed by atoms with Crippen molar-refractivity contribution >= 4 is 22.4 Å². The van der Waals surface area contributed by atoms with Crippen molar-refractivity contribution in [2.24, 2.45) is 5.10 Å². The fraction of sp³-hybridized carbons (Fsp3) is 0.0588. The zero-order valence-corrected chi connectivity index (χ0v) is 11.5. The van der Waals surface area contributed by atoms with Gasteiger partial charge >= 0.3 is 0 Å². The molecule has 3 rings (SSSR count). The highest BCUT2D eigenvalue weighted by molar-refractivity contribution is 5.99. The summed E-state index contributed by atoms with van der Waals surface area (Å²) in [5, 5.41) is 5.26. The van der Waals surface area contributed by atoms with E-state index in [0.29, 0.717) is 17.1 Å². The van der Waals surface area contributed by atoms with E-state index >= 15 is 0 Å². The zero-order chi connectivity index (χ0) is 14.7. The number of aromatic nitrogens is 1. The molecule has 0 amide bonds. The largest absolute Gasteiger partial charge is 0.261 e. The molecule has 104 valence electrons. The summed E-state index contributed by atoms with van der Waals surface area (Å²) in [7, 11) is 0. The fourth-order valence-corrected chi connectivity index (χ4v) is 2.08. The number of benzene rings is 2. The van der Waals surface area contributed by atoms with Crippen molar-refractivity contribution in [1.29, 1.82) is 0 Å². The summed E-state index contributed by atoms with van der Waals surface area (Å²) in [6.07, 6.45) is 0. The van der Waals surface area contributed by atoms with Gasteiger partial charge in [0, 0.05) is 10.9 Å². The second-order valence-electron chi connectivity index (χ2n) is 4.68. The Balaban J connectivity index is 1.85. The first-order valence-corrected chi connectivity index (χ1v) is 6.65. The summed E-state index contributed by atoms with van der Waals surface area (Å²) in [4.78, 5) is 4.45. The van der Waals surface area contributed by atoms with Gasteiger partial charge in [-0.25, -0.2) is 9.37 Å². The number of nitrogens with one attached hydrogen (secondary N) is 1. The van der Waals surface area contributed by atoms with Crippen LogP contribution in [0.2, 0.25) is 0 Å². The summed E-state index contributed by atoms with van der Waals surface area (Å²) in [6.45, 7) is 1.76. The lowest BCUT2D eigenvalue weighted by atomic mass is 10.1. The van der Waals surface area contributed by atoms with Crippen LogP contribution in [0, 0.1) is 5.82 Å². The molecular weight excluding hydrogens is 265 g/mol. The molecule has 0 unspecified atom stereocenters. The summed E-state index contributed by atoms with van der Waals surface area (Å²) in [6, 6.07) is 18.2. The predicted molar refractivity (Wildman–Crippen MR) is 84.0 cm³/mol. The van der Waals surface area contributed by atoms with Gasteiger partial charge < -0.3 is 0 Å². The number of halogens is 1. The van der Waals surface area contributed by atoms with Crippen LogP contribution in [0.4, 0.5) is 10.2 Å². The normalized spacial score (nSPS) is 11.6. The lowest BCUT2D eigenvalue weighted by Gasteiger charge is -2.05. The Labute approximate surface area is 122 Å². The monoisotopic (exact) mass is 279 g/mol. The molecule has 0 radical (unpaired) electrons. The van der Waals surface area contributed by atoms with Crippen LogP contribution in [0.3, 0.4) is 0 Å². The standard InChI is InChI=1S/C17H14FN3/c1-12(14-7-3-4-8-15(14)18)20-21-17-11-10-13-6-2-5-9-16(13)19-17/h2-11H,1H3,(H,19,21)/b20-12+. The molecule has 0 atom stereocenters. The summed E-state index contributed by atoms with van der Waals surface area (Å²) >= 11 is 0. The van der Waals surface area contributed by atoms with Crippen LogP contribution >= 0.6 is 0 Å². The highest BCUT2D eigenvalue weighted by Crippen LogP contribution is 2.15. The minimum Gasteiger partial charge on any atom is -0.261 e. The Morgan fingerprint density at radius 3 is 2.62 bits per heavy atom. The highest BCUT2D eigenvalue weighted by Gasteiger charge is 2.04. The molecule has 1 heterocycles. The van der Waals surface area contributed by atoms with Crippen molar-refractivity contribution in [3.63, 3.8) is 0 Å². The van der Waals surface area contributed by atoms with Crippen molar-refractivity contribution < 1.29 is 4.39 Å². The number of rotatable bonds is 3. The fourth-order valence-electron chi connectivity index (χ4n) is 2.08. The number of hydrogen-bond donors (Lipinski definition) is 1. The number of anilines is 1. The van der Waals surface area contributed by atoms with E-state index in [1.165, 1.54) is 6.07 Å². The molecule has 0 saturated carbocycles.